The summed E-state index contributed by atoms with van der Waals surface area (Å²) in [5, 5.41) is 11.9. The molecule has 0 unspecified atom stereocenters. The van der Waals surface area contributed by atoms with Crippen molar-refractivity contribution in [3.63, 3.8) is 0 Å². The van der Waals surface area contributed by atoms with Crippen molar-refractivity contribution in [3.8, 4) is 0 Å². The Morgan fingerprint density at radius 3 is 3.00 bits per heavy atom. The second-order valence-corrected chi connectivity index (χ2v) is 3.01. The zero-order valence-electron chi connectivity index (χ0n) is 7.16. The smallest absolute Gasteiger partial charge is 0.157 e. The predicted molar refractivity (Wildman–Crippen MR) is 51.6 cm³/mol. The van der Waals surface area contributed by atoms with Crippen molar-refractivity contribution in [2.24, 2.45) is 0 Å². The van der Waals surface area contributed by atoms with Crippen LogP contribution in [0.3, 0.4) is 0 Å². The van der Waals surface area contributed by atoms with Gasteiger partial charge in [0.15, 0.2) is 11.0 Å². The Labute approximate surface area is 81.0 Å². The summed E-state index contributed by atoms with van der Waals surface area (Å²) < 4.78 is 0. The van der Waals surface area contributed by atoms with Crippen molar-refractivity contribution < 1.29 is 5.11 Å². The molecule has 0 saturated carbocycles. The molecule has 13 heavy (non-hydrogen) atoms. The van der Waals surface area contributed by atoms with E-state index in [1.807, 2.05) is 0 Å². The van der Waals surface area contributed by atoms with Gasteiger partial charge in [0.1, 0.15) is 12.0 Å². The van der Waals surface area contributed by atoms with Gasteiger partial charge in [-0.25, -0.2) is 9.97 Å². The molecular weight excluding hydrogens is 192 g/mol. The third kappa shape index (κ3) is 2.43. The second-order valence-electron chi connectivity index (χ2n) is 2.65. The van der Waals surface area contributed by atoms with Gasteiger partial charge in [0.05, 0.1) is 6.61 Å². The van der Waals surface area contributed by atoms with E-state index in [4.69, 9.17) is 22.4 Å². The molecule has 0 spiro atoms. The molecule has 1 aromatic rings. The molecule has 0 aliphatic rings. The van der Waals surface area contributed by atoms with Gasteiger partial charge in [-0.15, -0.1) is 0 Å². The van der Waals surface area contributed by atoms with E-state index >= 15 is 0 Å². The van der Waals surface area contributed by atoms with Crippen LogP contribution in [0, 0.1) is 0 Å². The number of aliphatic hydroxyl groups is 1. The minimum absolute atomic E-state index is 0.00105. The summed E-state index contributed by atoms with van der Waals surface area (Å²) in [5.41, 5.74) is 5.88. The third-order valence-corrected chi connectivity index (χ3v) is 1.79. The normalized spacial score (nSPS) is 12.5. The molecule has 4 N–H and O–H groups in total. The summed E-state index contributed by atoms with van der Waals surface area (Å²) in [7, 11) is 0. The minimum Gasteiger partial charge on any atom is -0.394 e. The molecule has 0 amide bonds. The van der Waals surface area contributed by atoms with Crippen LogP contribution in [-0.4, -0.2) is 27.7 Å². The highest BCUT2D eigenvalue weighted by molar-refractivity contribution is 6.32. The number of aromatic nitrogens is 2. The zero-order valence-corrected chi connectivity index (χ0v) is 7.91. The largest absolute Gasteiger partial charge is 0.394 e. The molecule has 0 aliphatic heterocycles. The Morgan fingerprint density at radius 2 is 2.38 bits per heavy atom. The first-order valence-corrected chi connectivity index (χ1v) is 4.16. The summed E-state index contributed by atoms with van der Waals surface area (Å²) in [6.45, 7) is 1.80. The first-order valence-electron chi connectivity index (χ1n) is 3.78. The zero-order chi connectivity index (χ0) is 9.84. The van der Waals surface area contributed by atoms with Crippen LogP contribution in [0.4, 0.5) is 11.5 Å². The minimum atomic E-state index is -0.117. The maximum atomic E-state index is 8.78. The molecular formula is C7H11ClN4O. The first-order chi connectivity index (χ1) is 6.15. The van der Waals surface area contributed by atoms with Crippen LogP contribution in [0.1, 0.15) is 6.92 Å². The fourth-order valence-corrected chi connectivity index (χ4v) is 0.901. The molecule has 1 atom stereocenters. The number of anilines is 2. The van der Waals surface area contributed by atoms with E-state index in [9.17, 15) is 0 Å². The predicted octanol–water partition coefficient (Wildman–Crippen LogP) is 0.505. The van der Waals surface area contributed by atoms with Gasteiger partial charge in [-0.1, -0.05) is 11.6 Å². The van der Waals surface area contributed by atoms with Crippen LogP contribution in [0.2, 0.25) is 5.15 Å². The SMILES string of the molecule is C[C@H](CO)Nc1ncnc(Cl)c1N. The summed E-state index contributed by atoms with van der Waals surface area (Å²) in [5.74, 6) is 0.446. The average molecular weight is 203 g/mol. The molecule has 0 saturated heterocycles. The molecule has 1 aromatic heterocycles. The summed E-state index contributed by atoms with van der Waals surface area (Å²) in [6.07, 6.45) is 1.31. The van der Waals surface area contributed by atoms with Crippen LogP contribution in [0.15, 0.2) is 6.33 Å². The topological polar surface area (TPSA) is 84.1 Å². The van der Waals surface area contributed by atoms with Crippen molar-refractivity contribution in [3.05, 3.63) is 11.5 Å². The highest BCUT2D eigenvalue weighted by Gasteiger charge is 2.07. The molecule has 1 rings (SSSR count). The molecule has 1 heterocycles. The van der Waals surface area contributed by atoms with Crippen LogP contribution in [0.5, 0.6) is 0 Å². The number of aliphatic hydroxyl groups excluding tert-OH is 1. The third-order valence-electron chi connectivity index (χ3n) is 1.49. The van der Waals surface area contributed by atoms with Crippen molar-refractivity contribution in [2.45, 2.75) is 13.0 Å². The number of nitrogen functional groups attached to an aromatic ring is 1. The van der Waals surface area contributed by atoms with Gasteiger partial charge in [0.2, 0.25) is 0 Å². The molecule has 0 radical (unpaired) electrons. The van der Waals surface area contributed by atoms with Crippen molar-refractivity contribution >= 4 is 23.1 Å². The summed E-state index contributed by atoms with van der Waals surface area (Å²) >= 11 is 5.66. The van der Waals surface area contributed by atoms with E-state index in [-0.39, 0.29) is 17.8 Å². The number of rotatable bonds is 3. The number of hydrogen-bond donors (Lipinski definition) is 3. The number of hydrogen-bond acceptors (Lipinski definition) is 5. The molecule has 5 nitrogen and oxygen atoms in total. The standard InChI is InChI=1S/C7H11ClN4O/c1-4(2-13)12-7-5(9)6(8)10-3-11-7/h3-4,13H,2,9H2,1H3,(H,10,11,12)/t4-/m1/s1. The lowest BCUT2D eigenvalue weighted by Gasteiger charge is -2.12. The van der Waals surface area contributed by atoms with Gasteiger partial charge >= 0.3 is 0 Å². The Balaban J connectivity index is 2.83. The second kappa shape index (κ2) is 4.25. The lowest BCUT2D eigenvalue weighted by molar-refractivity contribution is 0.281. The number of nitrogens with zero attached hydrogens (tertiary/aromatic N) is 2. The van der Waals surface area contributed by atoms with Crippen LogP contribution >= 0.6 is 11.6 Å². The van der Waals surface area contributed by atoms with Crippen molar-refractivity contribution in [1.82, 2.24) is 9.97 Å². The maximum absolute atomic E-state index is 8.78. The number of nitrogens with one attached hydrogen (secondary N) is 1. The lowest BCUT2D eigenvalue weighted by Crippen LogP contribution is -2.21. The quantitative estimate of drug-likeness (QED) is 0.622. The molecule has 0 aliphatic carbocycles. The van der Waals surface area contributed by atoms with Crippen molar-refractivity contribution in [1.29, 1.82) is 0 Å². The van der Waals surface area contributed by atoms with Gasteiger partial charge in [-0.05, 0) is 6.92 Å². The lowest BCUT2D eigenvalue weighted by atomic mass is 10.3. The highest BCUT2D eigenvalue weighted by Crippen LogP contribution is 2.22. The fourth-order valence-electron chi connectivity index (χ4n) is 0.768. The van der Waals surface area contributed by atoms with Gasteiger partial charge in [0, 0.05) is 6.04 Å². The van der Waals surface area contributed by atoms with Crippen molar-refractivity contribution in [2.75, 3.05) is 17.7 Å². The number of nitrogens with two attached hydrogens (primary N) is 1. The molecule has 6 heteroatoms. The van der Waals surface area contributed by atoms with Crippen LogP contribution < -0.4 is 11.1 Å². The molecule has 0 fully saturated rings. The monoisotopic (exact) mass is 202 g/mol. The van der Waals surface area contributed by atoms with Crippen LogP contribution in [-0.2, 0) is 0 Å². The number of halogens is 1. The summed E-state index contributed by atoms with van der Waals surface area (Å²) in [4.78, 5) is 7.58. The fraction of sp³-hybridized carbons (Fsp3) is 0.429. The molecule has 72 valence electrons. The van der Waals surface area contributed by atoms with Gasteiger partial charge < -0.3 is 16.2 Å². The molecule has 0 aromatic carbocycles. The van der Waals surface area contributed by atoms with E-state index in [1.165, 1.54) is 6.33 Å². The van der Waals surface area contributed by atoms with Gasteiger partial charge in [-0.2, -0.15) is 0 Å². The average Bonchev–Trinajstić information content (AvgIpc) is 2.13. The molecule has 0 bridgehead atoms. The highest BCUT2D eigenvalue weighted by atomic mass is 35.5. The Kier molecular flexibility index (Phi) is 3.27. The first kappa shape index (κ1) is 10.0. The Hall–Kier alpha value is -1.07. The van der Waals surface area contributed by atoms with E-state index < -0.39 is 0 Å². The van der Waals surface area contributed by atoms with E-state index in [2.05, 4.69) is 15.3 Å². The maximum Gasteiger partial charge on any atom is 0.157 e. The van der Waals surface area contributed by atoms with E-state index in [0.29, 0.717) is 11.5 Å². The Morgan fingerprint density at radius 1 is 1.69 bits per heavy atom. The van der Waals surface area contributed by atoms with E-state index in [1.54, 1.807) is 6.92 Å². The van der Waals surface area contributed by atoms with E-state index in [0.717, 1.165) is 0 Å². The summed E-state index contributed by atoms with van der Waals surface area (Å²) in [6, 6.07) is -0.117. The Bertz CT molecular complexity index is 294. The van der Waals surface area contributed by atoms with Gasteiger partial charge in [0.25, 0.3) is 0 Å². The van der Waals surface area contributed by atoms with Crippen LogP contribution in [0.25, 0.3) is 0 Å². The van der Waals surface area contributed by atoms with Gasteiger partial charge in [-0.3, -0.25) is 0 Å².